The Labute approximate surface area is 145 Å². The van der Waals surface area contributed by atoms with Gasteiger partial charge in [-0.2, -0.15) is 13.2 Å². The van der Waals surface area contributed by atoms with Crippen LogP contribution in [0.25, 0.3) is 0 Å². The molecule has 0 aliphatic carbocycles. The van der Waals surface area contributed by atoms with Gasteiger partial charge in [0.25, 0.3) is 17.7 Å². The largest absolute Gasteiger partial charge is 0.481 e. The number of benzene rings is 1. The average molecular weight is 370 g/mol. The molecule has 0 radical (unpaired) electrons. The van der Waals surface area contributed by atoms with Gasteiger partial charge in [0, 0.05) is 25.7 Å². The molecule has 26 heavy (non-hydrogen) atoms. The lowest BCUT2D eigenvalue weighted by molar-refractivity contribution is -0.187. The third-order valence-electron chi connectivity index (χ3n) is 4.68. The van der Waals surface area contributed by atoms with Gasteiger partial charge in [-0.25, -0.2) is 0 Å². The molecule has 1 aromatic rings. The van der Waals surface area contributed by atoms with Gasteiger partial charge in [-0.1, -0.05) is 0 Å². The lowest BCUT2D eigenvalue weighted by Gasteiger charge is -2.18. The number of fused-ring (bicyclic) bond motifs is 1. The highest BCUT2D eigenvalue weighted by Gasteiger charge is 2.53. The van der Waals surface area contributed by atoms with E-state index in [1.165, 1.54) is 19.2 Å². The Hall–Kier alpha value is -2.91. The molecule has 10 heteroatoms. The number of carboxylic acids is 1. The van der Waals surface area contributed by atoms with Crippen LogP contribution in [-0.4, -0.2) is 64.9 Å². The molecule has 0 spiro atoms. The summed E-state index contributed by atoms with van der Waals surface area (Å²) in [7, 11) is 1.28. The molecule has 1 aromatic carbocycles. The smallest absolute Gasteiger partial charge is 0.394 e. The highest BCUT2D eigenvalue weighted by molar-refractivity contribution is 6.21. The molecule has 2 heterocycles. The van der Waals surface area contributed by atoms with E-state index in [4.69, 9.17) is 5.11 Å². The number of amides is 3. The molecule has 7 nitrogen and oxygen atoms in total. The van der Waals surface area contributed by atoms with Crippen LogP contribution in [0, 0.1) is 11.8 Å². The summed E-state index contributed by atoms with van der Waals surface area (Å²) in [4.78, 5) is 49.1. The van der Waals surface area contributed by atoms with Crippen LogP contribution in [-0.2, 0) is 4.79 Å². The number of nitrogens with zero attached hydrogens (tertiary/aromatic N) is 2. The molecule has 2 aliphatic heterocycles. The van der Waals surface area contributed by atoms with Crippen molar-refractivity contribution in [3.8, 4) is 0 Å². The van der Waals surface area contributed by atoms with Crippen LogP contribution in [0.1, 0.15) is 31.1 Å². The summed E-state index contributed by atoms with van der Waals surface area (Å²) in [6.07, 6.45) is -4.75. The summed E-state index contributed by atoms with van der Waals surface area (Å²) < 4.78 is 39.1. The molecule has 3 rings (SSSR count). The Kier molecular flexibility index (Phi) is 4.01. The number of halogens is 3. The maximum atomic E-state index is 13.0. The van der Waals surface area contributed by atoms with Crippen LogP contribution >= 0.6 is 0 Å². The average Bonchev–Trinajstić information content (AvgIpc) is 3.11. The second-order valence-corrected chi connectivity index (χ2v) is 6.23. The number of likely N-dealkylation sites (tertiary alicyclic amines) is 1. The third kappa shape index (κ3) is 2.71. The molecule has 2 aliphatic rings. The summed E-state index contributed by atoms with van der Waals surface area (Å²) in [5, 5.41) is 9.01. The zero-order chi connectivity index (χ0) is 19.4. The number of alkyl halides is 3. The van der Waals surface area contributed by atoms with Gasteiger partial charge in [0.15, 0.2) is 0 Å². The monoisotopic (exact) mass is 370 g/mol. The number of imide groups is 1. The van der Waals surface area contributed by atoms with E-state index in [1.807, 2.05) is 0 Å². The lowest BCUT2D eigenvalue weighted by atomic mass is 9.96. The first-order chi connectivity index (χ1) is 12.0. The van der Waals surface area contributed by atoms with Crippen LogP contribution in [0.4, 0.5) is 13.2 Å². The van der Waals surface area contributed by atoms with E-state index in [2.05, 4.69) is 0 Å². The number of carboxylic acid groups (broad SMARTS) is 1. The van der Waals surface area contributed by atoms with Crippen molar-refractivity contribution >= 4 is 23.7 Å². The molecular weight excluding hydrogens is 357 g/mol. The van der Waals surface area contributed by atoms with Crippen molar-refractivity contribution < 1.29 is 37.5 Å². The zero-order valence-corrected chi connectivity index (χ0v) is 13.4. The summed E-state index contributed by atoms with van der Waals surface area (Å²) >= 11 is 0. The van der Waals surface area contributed by atoms with E-state index >= 15 is 0 Å². The molecule has 138 valence electrons. The van der Waals surface area contributed by atoms with Crippen molar-refractivity contribution in [3.63, 3.8) is 0 Å². The van der Waals surface area contributed by atoms with Crippen LogP contribution in [0.15, 0.2) is 18.2 Å². The number of carbonyl (C=O) groups excluding carboxylic acids is 3. The van der Waals surface area contributed by atoms with E-state index < -0.39 is 54.8 Å². The predicted octanol–water partition coefficient (Wildman–Crippen LogP) is 1.25. The Bertz CT molecular complexity index is 836. The summed E-state index contributed by atoms with van der Waals surface area (Å²) in [6.45, 7) is -1.36. The van der Waals surface area contributed by atoms with Gasteiger partial charge in [0.1, 0.15) is 0 Å². The molecular formula is C16H13F3N2O5. The fourth-order valence-corrected chi connectivity index (χ4v) is 3.23. The fraction of sp³-hybridized carbons (Fsp3) is 0.375. The van der Waals surface area contributed by atoms with Crippen LogP contribution in [0.2, 0.25) is 0 Å². The molecule has 0 bridgehead atoms. The molecule has 1 saturated heterocycles. The number of rotatable bonds is 2. The van der Waals surface area contributed by atoms with Crippen molar-refractivity contribution in [1.29, 1.82) is 0 Å². The molecule has 1 fully saturated rings. The maximum absolute atomic E-state index is 13.0. The highest BCUT2D eigenvalue weighted by atomic mass is 19.4. The van der Waals surface area contributed by atoms with E-state index in [0.717, 1.165) is 15.9 Å². The standard InChI is InChI=1S/C16H13F3N2O5/c1-20-13(23)8-3-2-7(4-9(8)14(20)24)12(22)21-5-10(15(25)26)11(6-21)16(17,18)19/h2-4,10-11H,5-6H2,1H3,(H,25,26)/t10-,11-/m1/s1. The highest BCUT2D eigenvalue weighted by Crippen LogP contribution is 2.38. The van der Waals surface area contributed by atoms with E-state index in [1.54, 1.807) is 0 Å². The Morgan fingerprint density at radius 1 is 1.12 bits per heavy atom. The summed E-state index contributed by atoms with van der Waals surface area (Å²) in [5.41, 5.74) is 0.0175. The number of hydrogen-bond acceptors (Lipinski definition) is 4. The minimum absolute atomic E-state index is 0.00953. The molecule has 1 N–H and O–H groups in total. The van der Waals surface area contributed by atoms with Crippen LogP contribution < -0.4 is 0 Å². The van der Waals surface area contributed by atoms with Gasteiger partial charge >= 0.3 is 12.1 Å². The number of aliphatic carboxylic acids is 1. The van der Waals surface area contributed by atoms with Gasteiger partial charge < -0.3 is 10.0 Å². The van der Waals surface area contributed by atoms with Gasteiger partial charge in [-0.3, -0.25) is 24.1 Å². The lowest BCUT2D eigenvalue weighted by Crippen LogP contribution is -2.34. The summed E-state index contributed by atoms with van der Waals surface area (Å²) in [6, 6.07) is 3.65. The summed E-state index contributed by atoms with van der Waals surface area (Å²) in [5.74, 6) is -7.50. The van der Waals surface area contributed by atoms with E-state index in [9.17, 15) is 32.3 Å². The van der Waals surface area contributed by atoms with Crippen molar-refractivity contribution in [2.75, 3.05) is 20.1 Å². The number of carbonyl (C=O) groups is 4. The zero-order valence-electron chi connectivity index (χ0n) is 13.4. The first-order valence-electron chi connectivity index (χ1n) is 7.57. The topological polar surface area (TPSA) is 95.0 Å². The van der Waals surface area contributed by atoms with Crippen molar-refractivity contribution in [2.24, 2.45) is 11.8 Å². The fourth-order valence-electron chi connectivity index (χ4n) is 3.23. The SMILES string of the molecule is CN1C(=O)c2ccc(C(=O)N3C[C@@H](C(F)(F)F)[C@H](C(=O)O)C3)cc2C1=O. The molecule has 0 unspecified atom stereocenters. The van der Waals surface area contributed by atoms with Crippen LogP contribution in [0.3, 0.4) is 0 Å². The molecule has 3 amide bonds. The third-order valence-corrected chi connectivity index (χ3v) is 4.68. The van der Waals surface area contributed by atoms with Crippen LogP contribution in [0.5, 0.6) is 0 Å². The Morgan fingerprint density at radius 3 is 2.27 bits per heavy atom. The minimum atomic E-state index is -4.75. The quantitative estimate of drug-likeness (QED) is 0.791. The normalized spacial score (nSPS) is 22.8. The van der Waals surface area contributed by atoms with Gasteiger partial charge in [0.2, 0.25) is 0 Å². The van der Waals surface area contributed by atoms with E-state index in [0.29, 0.717) is 0 Å². The van der Waals surface area contributed by atoms with Gasteiger partial charge in [0.05, 0.1) is 23.0 Å². The van der Waals surface area contributed by atoms with Gasteiger partial charge in [-0.05, 0) is 18.2 Å². The number of hydrogen-bond donors (Lipinski definition) is 1. The predicted molar refractivity (Wildman–Crippen MR) is 79.4 cm³/mol. The van der Waals surface area contributed by atoms with Crippen molar-refractivity contribution in [3.05, 3.63) is 34.9 Å². The molecule has 0 saturated carbocycles. The van der Waals surface area contributed by atoms with Gasteiger partial charge in [-0.15, -0.1) is 0 Å². The Morgan fingerprint density at radius 2 is 1.73 bits per heavy atom. The Balaban J connectivity index is 1.88. The first-order valence-corrected chi connectivity index (χ1v) is 7.57. The second-order valence-electron chi connectivity index (χ2n) is 6.23. The van der Waals surface area contributed by atoms with Crippen molar-refractivity contribution in [2.45, 2.75) is 6.18 Å². The molecule has 0 aromatic heterocycles. The maximum Gasteiger partial charge on any atom is 0.394 e. The second kappa shape index (κ2) is 5.82. The first kappa shape index (κ1) is 17.9. The van der Waals surface area contributed by atoms with E-state index in [-0.39, 0.29) is 16.7 Å². The van der Waals surface area contributed by atoms with Crippen molar-refractivity contribution in [1.82, 2.24) is 9.80 Å². The molecule has 2 atom stereocenters. The minimum Gasteiger partial charge on any atom is -0.481 e.